The molecule has 1 amide bonds. The third-order valence-corrected chi connectivity index (χ3v) is 3.31. The van der Waals surface area contributed by atoms with Gasteiger partial charge in [0.15, 0.2) is 0 Å². The van der Waals surface area contributed by atoms with Gasteiger partial charge in [-0.1, -0.05) is 41.9 Å². The molecule has 0 atom stereocenters. The lowest BCUT2D eigenvalue weighted by atomic mass is 10.2. The van der Waals surface area contributed by atoms with E-state index in [1.807, 2.05) is 0 Å². The van der Waals surface area contributed by atoms with E-state index in [1.165, 1.54) is 0 Å². The molecule has 0 saturated heterocycles. The number of para-hydroxylation sites is 1. The van der Waals surface area contributed by atoms with E-state index in [1.54, 1.807) is 48.5 Å². The first-order valence-corrected chi connectivity index (χ1v) is 6.97. The van der Waals surface area contributed by atoms with Crippen molar-refractivity contribution >= 4 is 29.2 Å². The van der Waals surface area contributed by atoms with Gasteiger partial charge in [0.1, 0.15) is 13.2 Å². The SMILES string of the molecule is Nc1ccccc1C(=O)NCC(=O)OCc1ccccc1Cl. The Morgan fingerprint density at radius 1 is 1.09 bits per heavy atom. The van der Waals surface area contributed by atoms with Crippen LogP contribution in [0.3, 0.4) is 0 Å². The number of amides is 1. The smallest absolute Gasteiger partial charge is 0.325 e. The quantitative estimate of drug-likeness (QED) is 0.655. The van der Waals surface area contributed by atoms with E-state index in [-0.39, 0.29) is 13.2 Å². The first kappa shape index (κ1) is 15.9. The van der Waals surface area contributed by atoms with Crippen LogP contribution < -0.4 is 11.1 Å². The highest BCUT2D eigenvalue weighted by molar-refractivity contribution is 6.31. The molecule has 0 unspecified atom stereocenters. The molecule has 0 aliphatic heterocycles. The van der Waals surface area contributed by atoms with Crippen LogP contribution in [0.25, 0.3) is 0 Å². The fraction of sp³-hybridized carbons (Fsp3) is 0.125. The number of carbonyl (C=O) groups excluding carboxylic acids is 2. The van der Waals surface area contributed by atoms with Gasteiger partial charge < -0.3 is 15.8 Å². The minimum atomic E-state index is -0.553. The summed E-state index contributed by atoms with van der Waals surface area (Å²) in [6, 6.07) is 13.7. The third kappa shape index (κ3) is 4.23. The van der Waals surface area contributed by atoms with Gasteiger partial charge >= 0.3 is 5.97 Å². The number of ether oxygens (including phenoxy) is 1. The van der Waals surface area contributed by atoms with Gasteiger partial charge in [0.05, 0.1) is 5.56 Å². The van der Waals surface area contributed by atoms with Gasteiger partial charge in [-0.05, 0) is 18.2 Å². The largest absolute Gasteiger partial charge is 0.459 e. The number of hydrogen-bond donors (Lipinski definition) is 2. The van der Waals surface area contributed by atoms with Crippen molar-refractivity contribution in [1.82, 2.24) is 5.32 Å². The second-order valence-electron chi connectivity index (χ2n) is 4.52. The lowest BCUT2D eigenvalue weighted by Crippen LogP contribution is -2.31. The van der Waals surface area contributed by atoms with E-state index < -0.39 is 11.9 Å². The maximum atomic E-state index is 11.9. The molecule has 0 saturated carbocycles. The number of anilines is 1. The Kier molecular flexibility index (Phi) is 5.38. The molecule has 0 radical (unpaired) electrons. The predicted octanol–water partition coefficient (Wildman–Crippen LogP) is 2.40. The van der Waals surface area contributed by atoms with Crippen molar-refractivity contribution in [2.45, 2.75) is 6.61 Å². The van der Waals surface area contributed by atoms with Gasteiger partial charge in [0, 0.05) is 16.3 Å². The van der Waals surface area contributed by atoms with Crippen LogP contribution >= 0.6 is 11.6 Å². The average molecular weight is 319 g/mol. The van der Waals surface area contributed by atoms with Gasteiger partial charge in [-0.25, -0.2) is 0 Å². The highest BCUT2D eigenvalue weighted by atomic mass is 35.5. The number of hydrogen-bond acceptors (Lipinski definition) is 4. The van der Waals surface area contributed by atoms with E-state index in [0.29, 0.717) is 21.8 Å². The molecular formula is C16H15ClN2O3. The highest BCUT2D eigenvalue weighted by Gasteiger charge is 2.11. The van der Waals surface area contributed by atoms with Crippen LogP contribution in [0.1, 0.15) is 15.9 Å². The zero-order valence-corrected chi connectivity index (χ0v) is 12.5. The van der Waals surface area contributed by atoms with Gasteiger partial charge in [-0.2, -0.15) is 0 Å². The highest BCUT2D eigenvalue weighted by Crippen LogP contribution is 2.15. The second kappa shape index (κ2) is 7.47. The molecule has 2 aromatic carbocycles. The molecular weight excluding hydrogens is 304 g/mol. The predicted molar refractivity (Wildman–Crippen MR) is 84.4 cm³/mol. The van der Waals surface area contributed by atoms with E-state index in [4.69, 9.17) is 22.1 Å². The lowest BCUT2D eigenvalue weighted by molar-refractivity contribution is -0.143. The molecule has 22 heavy (non-hydrogen) atoms. The van der Waals surface area contributed by atoms with Crippen molar-refractivity contribution in [2.75, 3.05) is 12.3 Å². The van der Waals surface area contributed by atoms with Crippen LogP contribution in [0.5, 0.6) is 0 Å². The third-order valence-electron chi connectivity index (χ3n) is 2.95. The van der Waals surface area contributed by atoms with E-state index in [9.17, 15) is 9.59 Å². The number of nitrogens with one attached hydrogen (secondary N) is 1. The van der Waals surface area contributed by atoms with E-state index in [2.05, 4.69) is 5.32 Å². The molecule has 0 heterocycles. The molecule has 2 aromatic rings. The number of rotatable bonds is 5. The summed E-state index contributed by atoms with van der Waals surface area (Å²) in [4.78, 5) is 23.5. The minimum Gasteiger partial charge on any atom is -0.459 e. The second-order valence-corrected chi connectivity index (χ2v) is 4.93. The monoisotopic (exact) mass is 318 g/mol. The van der Waals surface area contributed by atoms with Crippen molar-refractivity contribution in [3.8, 4) is 0 Å². The van der Waals surface area contributed by atoms with Crippen LogP contribution in [0.15, 0.2) is 48.5 Å². The van der Waals surface area contributed by atoms with Crippen molar-refractivity contribution in [3.63, 3.8) is 0 Å². The Hall–Kier alpha value is -2.53. The van der Waals surface area contributed by atoms with Crippen molar-refractivity contribution in [3.05, 3.63) is 64.7 Å². The summed E-state index contributed by atoms with van der Waals surface area (Å²) in [5, 5.41) is 2.99. The summed E-state index contributed by atoms with van der Waals surface area (Å²) in [7, 11) is 0. The molecule has 0 aliphatic rings. The maximum Gasteiger partial charge on any atom is 0.325 e. The fourth-order valence-electron chi connectivity index (χ4n) is 1.78. The molecule has 0 aliphatic carbocycles. The summed E-state index contributed by atoms with van der Waals surface area (Å²) in [6.45, 7) is -0.181. The Balaban J connectivity index is 1.82. The van der Waals surface area contributed by atoms with E-state index >= 15 is 0 Å². The van der Waals surface area contributed by atoms with Crippen LogP contribution in [0.4, 0.5) is 5.69 Å². The Bertz CT molecular complexity index is 689. The average Bonchev–Trinajstić information content (AvgIpc) is 2.52. The van der Waals surface area contributed by atoms with Crippen LogP contribution in [0.2, 0.25) is 5.02 Å². The summed E-state index contributed by atoms with van der Waals surface area (Å²) in [5.74, 6) is -0.976. The number of nitrogens with two attached hydrogens (primary N) is 1. The summed E-state index contributed by atoms with van der Waals surface area (Å²) in [5.41, 5.74) is 7.06. The molecule has 6 heteroatoms. The molecule has 0 fully saturated rings. The number of nitrogen functional groups attached to an aromatic ring is 1. The van der Waals surface area contributed by atoms with Gasteiger partial charge in [-0.15, -0.1) is 0 Å². The molecule has 114 valence electrons. The Morgan fingerprint density at radius 2 is 1.77 bits per heavy atom. The van der Waals surface area contributed by atoms with Crippen LogP contribution in [-0.2, 0) is 16.1 Å². The molecule has 3 N–H and O–H groups in total. The normalized spacial score (nSPS) is 10.0. The van der Waals surface area contributed by atoms with Crippen molar-refractivity contribution < 1.29 is 14.3 Å². The molecule has 2 rings (SSSR count). The topological polar surface area (TPSA) is 81.4 Å². The van der Waals surface area contributed by atoms with Crippen LogP contribution in [-0.4, -0.2) is 18.4 Å². The van der Waals surface area contributed by atoms with Crippen LogP contribution in [0, 0.1) is 0 Å². The van der Waals surface area contributed by atoms with E-state index in [0.717, 1.165) is 0 Å². The summed E-state index contributed by atoms with van der Waals surface area (Å²) < 4.78 is 5.06. The number of esters is 1. The molecule has 5 nitrogen and oxygen atoms in total. The number of halogens is 1. The summed E-state index contributed by atoms with van der Waals surface area (Å²) in [6.07, 6.45) is 0. The van der Waals surface area contributed by atoms with Gasteiger partial charge in [0.2, 0.25) is 0 Å². The summed E-state index contributed by atoms with van der Waals surface area (Å²) >= 11 is 5.96. The fourth-order valence-corrected chi connectivity index (χ4v) is 1.97. The van der Waals surface area contributed by atoms with Gasteiger partial charge in [0.25, 0.3) is 5.91 Å². The Morgan fingerprint density at radius 3 is 2.50 bits per heavy atom. The zero-order valence-electron chi connectivity index (χ0n) is 11.7. The standard InChI is InChI=1S/C16H15ClN2O3/c17-13-7-3-1-5-11(13)10-22-15(20)9-19-16(21)12-6-2-4-8-14(12)18/h1-8H,9-10,18H2,(H,19,21). The molecule has 0 aromatic heterocycles. The van der Waals surface area contributed by atoms with Crippen molar-refractivity contribution in [2.24, 2.45) is 0 Å². The Labute approximate surface area is 133 Å². The molecule has 0 bridgehead atoms. The number of benzene rings is 2. The maximum absolute atomic E-state index is 11.9. The lowest BCUT2D eigenvalue weighted by Gasteiger charge is -2.08. The number of carbonyl (C=O) groups is 2. The molecule has 0 spiro atoms. The van der Waals surface area contributed by atoms with Crippen molar-refractivity contribution in [1.29, 1.82) is 0 Å². The van der Waals surface area contributed by atoms with Gasteiger partial charge in [-0.3, -0.25) is 9.59 Å². The zero-order chi connectivity index (χ0) is 15.9. The minimum absolute atomic E-state index is 0.0574. The first-order valence-electron chi connectivity index (χ1n) is 6.59. The first-order chi connectivity index (χ1) is 10.6.